The van der Waals surface area contributed by atoms with Crippen LogP contribution in [0.3, 0.4) is 0 Å². The molecule has 1 aromatic heterocycles. The summed E-state index contributed by atoms with van der Waals surface area (Å²) in [5, 5.41) is 10.6. The van der Waals surface area contributed by atoms with E-state index in [1.54, 1.807) is 23.3 Å². The Kier molecular flexibility index (Phi) is 6.55. The maximum Gasteiger partial charge on any atom is 0.256 e. The number of hydrogen-bond acceptors (Lipinski definition) is 5. The van der Waals surface area contributed by atoms with Gasteiger partial charge in [0.05, 0.1) is 5.56 Å². The molecule has 4 rings (SSSR count). The fourth-order valence-electron chi connectivity index (χ4n) is 3.69. The van der Waals surface area contributed by atoms with Crippen LogP contribution in [0.5, 0.6) is 0 Å². The number of nitrogens with one attached hydrogen (secondary N) is 1. The Balaban J connectivity index is 1.40. The van der Waals surface area contributed by atoms with Crippen molar-refractivity contribution in [3.63, 3.8) is 0 Å². The van der Waals surface area contributed by atoms with Gasteiger partial charge in [-0.15, -0.1) is 10.2 Å². The molecule has 1 fully saturated rings. The van der Waals surface area contributed by atoms with Crippen molar-refractivity contribution in [2.24, 2.45) is 5.92 Å². The molecule has 9 heteroatoms. The molecular formula is C23H25BrN6O2. The topological polar surface area (TPSA) is 83.4 Å². The molecule has 0 aliphatic carbocycles. The first-order valence-corrected chi connectivity index (χ1v) is 11.3. The highest BCUT2D eigenvalue weighted by Gasteiger charge is 2.23. The minimum atomic E-state index is -0.208. The van der Waals surface area contributed by atoms with Gasteiger partial charge in [-0.3, -0.25) is 14.2 Å². The van der Waals surface area contributed by atoms with Crippen molar-refractivity contribution in [3.8, 4) is 5.69 Å². The zero-order valence-corrected chi connectivity index (χ0v) is 19.6. The van der Waals surface area contributed by atoms with Gasteiger partial charge < -0.3 is 15.1 Å². The van der Waals surface area contributed by atoms with Gasteiger partial charge >= 0.3 is 0 Å². The molecule has 1 aliphatic heterocycles. The van der Waals surface area contributed by atoms with Gasteiger partial charge in [-0.2, -0.15) is 0 Å². The highest BCUT2D eigenvalue weighted by molar-refractivity contribution is 9.10. The Morgan fingerprint density at radius 2 is 1.56 bits per heavy atom. The SMILES string of the molecule is CC(C)C(=O)N1CCN(c2ccc(NC(=O)c3cc(-n4cnnc4)ccc3Br)cc2)CC1. The molecule has 1 N–H and O–H groups in total. The van der Waals surface area contributed by atoms with Crippen molar-refractivity contribution in [2.45, 2.75) is 13.8 Å². The Morgan fingerprint density at radius 1 is 0.938 bits per heavy atom. The predicted octanol–water partition coefficient (Wildman–Crippen LogP) is 3.59. The maximum absolute atomic E-state index is 12.9. The number of anilines is 2. The fraction of sp³-hybridized carbons (Fsp3) is 0.304. The van der Waals surface area contributed by atoms with E-state index in [0.717, 1.165) is 37.6 Å². The van der Waals surface area contributed by atoms with Gasteiger partial charge in [-0.25, -0.2) is 0 Å². The van der Waals surface area contributed by atoms with Gasteiger partial charge in [0, 0.05) is 53.6 Å². The van der Waals surface area contributed by atoms with Crippen molar-refractivity contribution >= 4 is 39.1 Å². The number of rotatable bonds is 5. The summed E-state index contributed by atoms with van der Waals surface area (Å²) in [6, 6.07) is 13.3. The Hall–Kier alpha value is -3.20. The third kappa shape index (κ3) is 4.83. The largest absolute Gasteiger partial charge is 0.368 e. The highest BCUT2D eigenvalue weighted by Crippen LogP contribution is 2.24. The van der Waals surface area contributed by atoms with Crippen LogP contribution in [0.4, 0.5) is 11.4 Å². The normalized spacial score (nSPS) is 14.0. The quantitative estimate of drug-likeness (QED) is 0.583. The van der Waals surface area contributed by atoms with Crippen LogP contribution >= 0.6 is 15.9 Å². The van der Waals surface area contributed by atoms with Crippen LogP contribution in [0.2, 0.25) is 0 Å². The van der Waals surface area contributed by atoms with E-state index < -0.39 is 0 Å². The second-order valence-electron chi connectivity index (χ2n) is 8.00. The lowest BCUT2D eigenvalue weighted by Crippen LogP contribution is -2.49. The molecule has 0 bridgehead atoms. The van der Waals surface area contributed by atoms with Gasteiger partial charge in [-0.05, 0) is 58.4 Å². The Labute approximate surface area is 195 Å². The first-order valence-electron chi connectivity index (χ1n) is 10.5. The van der Waals surface area contributed by atoms with E-state index in [1.807, 2.05) is 55.1 Å². The highest BCUT2D eigenvalue weighted by atomic mass is 79.9. The van der Waals surface area contributed by atoms with Gasteiger partial charge in [0.1, 0.15) is 12.7 Å². The lowest BCUT2D eigenvalue weighted by Gasteiger charge is -2.37. The molecule has 0 saturated carbocycles. The van der Waals surface area contributed by atoms with E-state index >= 15 is 0 Å². The zero-order valence-electron chi connectivity index (χ0n) is 18.0. The Morgan fingerprint density at radius 3 is 2.19 bits per heavy atom. The molecule has 2 aromatic carbocycles. The van der Waals surface area contributed by atoms with Gasteiger partial charge in [0.25, 0.3) is 5.91 Å². The molecule has 0 unspecified atom stereocenters. The lowest BCUT2D eigenvalue weighted by atomic mass is 10.1. The molecule has 0 atom stereocenters. The monoisotopic (exact) mass is 496 g/mol. The summed E-state index contributed by atoms with van der Waals surface area (Å²) in [7, 11) is 0. The van der Waals surface area contributed by atoms with Crippen molar-refractivity contribution in [3.05, 3.63) is 65.2 Å². The number of carbonyl (C=O) groups excluding carboxylic acids is 2. The van der Waals surface area contributed by atoms with Gasteiger partial charge in [-0.1, -0.05) is 13.8 Å². The summed E-state index contributed by atoms with van der Waals surface area (Å²) >= 11 is 3.46. The number of carbonyl (C=O) groups is 2. The average Bonchev–Trinajstić information content (AvgIpc) is 3.34. The van der Waals surface area contributed by atoms with Crippen molar-refractivity contribution in [2.75, 3.05) is 36.4 Å². The lowest BCUT2D eigenvalue weighted by molar-refractivity contribution is -0.134. The summed E-state index contributed by atoms with van der Waals surface area (Å²) in [4.78, 5) is 29.2. The molecule has 32 heavy (non-hydrogen) atoms. The van der Waals surface area contributed by atoms with Crippen LogP contribution < -0.4 is 10.2 Å². The average molecular weight is 497 g/mol. The molecular weight excluding hydrogens is 472 g/mol. The second kappa shape index (κ2) is 9.52. The zero-order chi connectivity index (χ0) is 22.7. The van der Waals surface area contributed by atoms with Crippen LogP contribution in [-0.4, -0.2) is 57.7 Å². The van der Waals surface area contributed by atoms with Crippen LogP contribution in [-0.2, 0) is 4.79 Å². The van der Waals surface area contributed by atoms with E-state index in [9.17, 15) is 9.59 Å². The van der Waals surface area contributed by atoms with Crippen LogP contribution in [0.15, 0.2) is 59.6 Å². The number of aromatic nitrogens is 3. The van der Waals surface area contributed by atoms with E-state index in [1.165, 1.54) is 0 Å². The molecule has 3 aromatic rings. The minimum absolute atomic E-state index is 0.0294. The number of benzene rings is 2. The van der Waals surface area contributed by atoms with Crippen molar-refractivity contribution in [1.29, 1.82) is 0 Å². The van der Waals surface area contributed by atoms with Crippen molar-refractivity contribution < 1.29 is 9.59 Å². The first kappa shape index (κ1) is 22.0. The minimum Gasteiger partial charge on any atom is -0.368 e. The molecule has 1 aliphatic rings. The van der Waals surface area contributed by atoms with E-state index in [0.29, 0.717) is 15.7 Å². The summed E-state index contributed by atoms with van der Waals surface area (Å²) in [5.41, 5.74) is 3.12. The van der Waals surface area contributed by atoms with Crippen LogP contribution in [0.1, 0.15) is 24.2 Å². The molecule has 0 radical (unpaired) electrons. The van der Waals surface area contributed by atoms with E-state index in [-0.39, 0.29) is 17.7 Å². The molecule has 8 nitrogen and oxygen atoms in total. The summed E-state index contributed by atoms with van der Waals surface area (Å²) in [6.07, 6.45) is 3.17. The summed E-state index contributed by atoms with van der Waals surface area (Å²) in [5.74, 6) is 0.0318. The molecule has 0 spiro atoms. The number of amides is 2. The number of hydrogen-bond donors (Lipinski definition) is 1. The Bertz CT molecular complexity index is 1090. The van der Waals surface area contributed by atoms with Crippen molar-refractivity contribution in [1.82, 2.24) is 19.7 Å². The number of halogens is 1. The molecule has 2 heterocycles. The molecule has 2 amide bonds. The molecule has 1 saturated heterocycles. The number of piperazine rings is 1. The summed E-state index contributed by atoms with van der Waals surface area (Å²) < 4.78 is 2.45. The third-order valence-corrected chi connectivity index (χ3v) is 6.18. The van der Waals surface area contributed by atoms with Crippen LogP contribution in [0, 0.1) is 5.92 Å². The fourth-order valence-corrected chi connectivity index (χ4v) is 4.11. The smallest absolute Gasteiger partial charge is 0.256 e. The van der Waals surface area contributed by atoms with Gasteiger partial charge in [0.15, 0.2) is 0 Å². The third-order valence-electron chi connectivity index (χ3n) is 5.49. The van der Waals surface area contributed by atoms with Gasteiger partial charge in [0.2, 0.25) is 5.91 Å². The summed E-state index contributed by atoms with van der Waals surface area (Å²) in [6.45, 7) is 6.93. The predicted molar refractivity (Wildman–Crippen MR) is 127 cm³/mol. The van der Waals surface area contributed by atoms with Crippen LogP contribution in [0.25, 0.3) is 5.69 Å². The van der Waals surface area contributed by atoms with E-state index in [2.05, 4.69) is 36.3 Å². The number of nitrogens with zero attached hydrogens (tertiary/aromatic N) is 5. The molecule has 166 valence electrons. The standard InChI is InChI=1S/C23H25BrN6O2/c1-16(2)23(32)29-11-9-28(10-12-29)18-5-3-17(4-6-18)27-22(31)20-13-19(7-8-21(20)24)30-14-25-26-15-30/h3-8,13-16H,9-12H2,1-2H3,(H,27,31). The first-order chi connectivity index (χ1) is 15.4. The maximum atomic E-state index is 12.9. The van der Waals surface area contributed by atoms with E-state index in [4.69, 9.17) is 0 Å². The second-order valence-corrected chi connectivity index (χ2v) is 8.86.